The molecule has 0 radical (unpaired) electrons. The monoisotopic (exact) mass is 184 g/mol. The summed E-state index contributed by atoms with van der Waals surface area (Å²) in [6.45, 7) is 2.02. The van der Waals surface area contributed by atoms with Crippen LogP contribution in [0.15, 0.2) is 12.4 Å². The Bertz CT molecular complexity index is 244. The number of H-pyrrole nitrogens is 1. The van der Waals surface area contributed by atoms with Crippen molar-refractivity contribution in [3.8, 4) is 0 Å². The standard InChI is InChI=1S/C7H12N4S/c1-5(11-7(12)8-2)6-3-9-10-4-6/h3-5H,1-2H3,(H,9,10)(H2,8,11,12). The molecule has 0 saturated carbocycles. The normalized spacial score (nSPS) is 12.2. The van der Waals surface area contributed by atoms with E-state index in [2.05, 4.69) is 20.8 Å². The molecule has 1 unspecified atom stereocenters. The predicted octanol–water partition coefficient (Wildman–Crippen LogP) is 0.565. The second kappa shape index (κ2) is 4.06. The Labute approximate surface area is 76.7 Å². The second-order valence-corrected chi connectivity index (χ2v) is 2.89. The molecule has 4 nitrogen and oxygen atoms in total. The summed E-state index contributed by atoms with van der Waals surface area (Å²) >= 11 is 4.95. The second-order valence-electron chi connectivity index (χ2n) is 2.48. The number of rotatable bonds is 2. The van der Waals surface area contributed by atoms with Gasteiger partial charge in [0, 0.05) is 18.8 Å². The highest BCUT2D eigenvalue weighted by atomic mass is 32.1. The Morgan fingerprint density at radius 3 is 3.00 bits per heavy atom. The van der Waals surface area contributed by atoms with Crippen molar-refractivity contribution >= 4 is 17.3 Å². The first-order valence-corrected chi connectivity index (χ1v) is 4.11. The highest BCUT2D eigenvalue weighted by Crippen LogP contribution is 2.07. The molecule has 1 rings (SSSR count). The lowest BCUT2D eigenvalue weighted by atomic mass is 10.2. The van der Waals surface area contributed by atoms with Crippen LogP contribution in [0.1, 0.15) is 18.5 Å². The molecule has 0 fully saturated rings. The van der Waals surface area contributed by atoms with E-state index in [-0.39, 0.29) is 6.04 Å². The van der Waals surface area contributed by atoms with Gasteiger partial charge in [-0.05, 0) is 19.1 Å². The first kappa shape index (κ1) is 8.99. The van der Waals surface area contributed by atoms with Crippen molar-refractivity contribution in [2.24, 2.45) is 0 Å². The lowest BCUT2D eigenvalue weighted by Crippen LogP contribution is -2.34. The van der Waals surface area contributed by atoms with Crippen molar-refractivity contribution in [2.75, 3.05) is 7.05 Å². The average Bonchev–Trinajstić information content (AvgIpc) is 2.56. The molecular formula is C7H12N4S. The van der Waals surface area contributed by atoms with Gasteiger partial charge in [0.25, 0.3) is 0 Å². The lowest BCUT2D eigenvalue weighted by Gasteiger charge is -2.13. The molecule has 0 aliphatic rings. The first-order chi connectivity index (χ1) is 5.74. The van der Waals surface area contributed by atoms with Crippen LogP contribution in [0.4, 0.5) is 0 Å². The summed E-state index contributed by atoms with van der Waals surface area (Å²) in [5, 5.41) is 13.2. The number of nitrogens with one attached hydrogen (secondary N) is 3. The molecule has 0 aliphatic heterocycles. The first-order valence-electron chi connectivity index (χ1n) is 3.71. The van der Waals surface area contributed by atoms with E-state index < -0.39 is 0 Å². The van der Waals surface area contributed by atoms with Gasteiger partial charge in [0.05, 0.1) is 12.2 Å². The van der Waals surface area contributed by atoms with Gasteiger partial charge in [0.15, 0.2) is 5.11 Å². The van der Waals surface area contributed by atoms with Gasteiger partial charge in [-0.2, -0.15) is 5.10 Å². The van der Waals surface area contributed by atoms with Crippen molar-refractivity contribution in [1.82, 2.24) is 20.8 Å². The number of aromatic nitrogens is 2. The minimum atomic E-state index is 0.184. The Balaban J connectivity index is 2.49. The summed E-state index contributed by atoms with van der Waals surface area (Å²) in [7, 11) is 1.79. The van der Waals surface area contributed by atoms with E-state index in [0.29, 0.717) is 5.11 Å². The molecule has 0 bridgehead atoms. The Hall–Kier alpha value is -1.10. The van der Waals surface area contributed by atoms with Gasteiger partial charge in [0.1, 0.15) is 0 Å². The Morgan fingerprint density at radius 1 is 1.75 bits per heavy atom. The minimum absolute atomic E-state index is 0.184. The molecule has 0 spiro atoms. The summed E-state index contributed by atoms with van der Waals surface area (Å²) in [5.74, 6) is 0. The third-order valence-electron chi connectivity index (χ3n) is 1.59. The molecule has 5 heteroatoms. The summed E-state index contributed by atoms with van der Waals surface area (Å²) in [6.07, 6.45) is 3.62. The van der Waals surface area contributed by atoms with E-state index in [1.165, 1.54) is 0 Å². The summed E-state index contributed by atoms with van der Waals surface area (Å²) in [5.41, 5.74) is 1.09. The van der Waals surface area contributed by atoms with Crippen LogP contribution < -0.4 is 10.6 Å². The van der Waals surface area contributed by atoms with Crippen molar-refractivity contribution in [2.45, 2.75) is 13.0 Å². The number of aromatic amines is 1. The molecule has 12 heavy (non-hydrogen) atoms. The van der Waals surface area contributed by atoms with Crippen LogP contribution in [0.25, 0.3) is 0 Å². The summed E-state index contributed by atoms with van der Waals surface area (Å²) < 4.78 is 0. The third-order valence-corrected chi connectivity index (χ3v) is 1.92. The largest absolute Gasteiger partial charge is 0.366 e. The number of hydrogen-bond acceptors (Lipinski definition) is 2. The van der Waals surface area contributed by atoms with Crippen molar-refractivity contribution in [3.63, 3.8) is 0 Å². The van der Waals surface area contributed by atoms with Crippen LogP contribution >= 0.6 is 12.2 Å². The van der Waals surface area contributed by atoms with Gasteiger partial charge >= 0.3 is 0 Å². The van der Waals surface area contributed by atoms with E-state index in [1.54, 1.807) is 13.2 Å². The third kappa shape index (κ3) is 2.20. The molecule has 0 amide bonds. The quantitative estimate of drug-likeness (QED) is 0.588. The van der Waals surface area contributed by atoms with Gasteiger partial charge in [0.2, 0.25) is 0 Å². The fraction of sp³-hybridized carbons (Fsp3) is 0.429. The molecule has 1 aromatic heterocycles. The smallest absolute Gasteiger partial charge is 0.166 e. The minimum Gasteiger partial charge on any atom is -0.366 e. The van der Waals surface area contributed by atoms with Crippen LogP contribution in [0.2, 0.25) is 0 Å². The topological polar surface area (TPSA) is 52.7 Å². The molecule has 0 aliphatic carbocycles. The number of nitrogens with zero attached hydrogens (tertiary/aromatic N) is 1. The highest BCUT2D eigenvalue weighted by molar-refractivity contribution is 7.80. The summed E-state index contributed by atoms with van der Waals surface area (Å²) in [6, 6.07) is 0.184. The highest BCUT2D eigenvalue weighted by Gasteiger charge is 2.05. The van der Waals surface area contributed by atoms with Crippen molar-refractivity contribution < 1.29 is 0 Å². The Morgan fingerprint density at radius 2 is 2.50 bits per heavy atom. The van der Waals surface area contributed by atoms with Crippen LogP contribution in [-0.4, -0.2) is 22.4 Å². The maximum atomic E-state index is 4.95. The Kier molecular flexibility index (Phi) is 3.04. The maximum absolute atomic E-state index is 4.95. The number of thiocarbonyl (C=S) groups is 1. The molecule has 1 aromatic rings. The fourth-order valence-corrected chi connectivity index (χ4v) is 1.03. The maximum Gasteiger partial charge on any atom is 0.166 e. The molecular weight excluding hydrogens is 172 g/mol. The van der Waals surface area contributed by atoms with E-state index in [9.17, 15) is 0 Å². The van der Waals surface area contributed by atoms with Crippen molar-refractivity contribution in [3.05, 3.63) is 18.0 Å². The zero-order valence-electron chi connectivity index (χ0n) is 7.09. The average molecular weight is 184 g/mol. The van der Waals surface area contributed by atoms with Gasteiger partial charge in [-0.25, -0.2) is 0 Å². The SMILES string of the molecule is CNC(=S)NC(C)c1cn[nH]c1. The van der Waals surface area contributed by atoms with Gasteiger partial charge in [-0.3, -0.25) is 5.10 Å². The van der Waals surface area contributed by atoms with E-state index in [4.69, 9.17) is 12.2 Å². The molecule has 1 atom stereocenters. The van der Waals surface area contributed by atoms with E-state index in [0.717, 1.165) is 5.56 Å². The molecule has 3 N–H and O–H groups in total. The van der Waals surface area contributed by atoms with E-state index in [1.807, 2.05) is 13.1 Å². The van der Waals surface area contributed by atoms with E-state index >= 15 is 0 Å². The predicted molar refractivity (Wildman–Crippen MR) is 51.8 cm³/mol. The van der Waals surface area contributed by atoms with Crippen LogP contribution in [0.5, 0.6) is 0 Å². The molecule has 66 valence electrons. The number of hydrogen-bond donors (Lipinski definition) is 3. The van der Waals surface area contributed by atoms with Gasteiger partial charge in [-0.1, -0.05) is 0 Å². The lowest BCUT2D eigenvalue weighted by molar-refractivity contribution is 0.710. The molecule has 1 heterocycles. The van der Waals surface area contributed by atoms with Crippen LogP contribution in [-0.2, 0) is 0 Å². The van der Waals surface area contributed by atoms with Crippen molar-refractivity contribution in [1.29, 1.82) is 0 Å². The van der Waals surface area contributed by atoms with Gasteiger partial charge < -0.3 is 10.6 Å². The molecule has 0 aromatic carbocycles. The fourth-order valence-electron chi connectivity index (χ4n) is 0.850. The summed E-state index contributed by atoms with van der Waals surface area (Å²) in [4.78, 5) is 0. The van der Waals surface area contributed by atoms with Gasteiger partial charge in [-0.15, -0.1) is 0 Å². The molecule has 0 saturated heterocycles. The zero-order valence-corrected chi connectivity index (χ0v) is 7.90. The zero-order chi connectivity index (χ0) is 8.97. The van der Waals surface area contributed by atoms with Crippen LogP contribution in [0, 0.1) is 0 Å². The van der Waals surface area contributed by atoms with Crippen LogP contribution in [0.3, 0.4) is 0 Å².